The number of nitrogens with zero attached hydrogens (tertiary/aromatic N) is 1. The number of rotatable bonds is 1. The molecule has 0 bridgehead atoms. The van der Waals surface area contributed by atoms with Crippen LogP contribution in [0.2, 0.25) is 5.02 Å². The summed E-state index contributed by atoms with van der Waals surface area (Å²) in [5.41, 5.74) is -1.26. The van der Waals surface area contributed by atoms with E-state index in [-0.39, 0.29) is 10.7 Å². The average Bonchev–Trinajstić information content (AvgIpc) is 2.71. The Labute approximate surface area is 146 Å². The van der Waals surface area contributed by atoms with Crippen LogP contribution in [0.25, 0.3) is 27.2 Å². The van der Waals surface area contributed by atoms with Gasteiger partial charge in [0, 0.05) is 15.8 Å². The van der Waals surface area contributed by atoms with Gasteiger partial charge in [0.25, 0.3) is 11.1 Å². The molecule has 0 amide bonds. The van der Waals surface area contributed by atoms with Gasteiger partial charge in [-0.3, -0.25) is 9.59 Å². The molecule has 0 aliphatic carbocycles. The fraction of sp³-hybridized carbons (Fsp3) is 0. The number of benzene rings is 3. The molecule has 0 atom stereocenters. The lowest BCUT2D eigenvalue weighted by atomic mass is 10.1. The highest BCUT2D eigenvalue weighted by molar-refractivity contribution is 6.30. The molecule has 0 radical (unpaired) electrons. The third-order valence-corrected chi connectivity index (χ3v) is 4.40. The molecule has 0 N–H and O–H groups in total. The van der Waals surface area contributed by atoms with Crippen LogP contribution in [0.15, 0.2) is 76.3 Å². The third kappa shape index (κ3) is 2.42. The molecule has 0 aliphatic heterocycles. The van der Waals surface area contributed by atoms with Crippen molar-refractivity contribution in [2.24, 2.45) is 0 Å². The van der Waals surface area contributed by atoms with Gasteiger partial charge in [0.2, 0.25) is 0 Å². The number of hydrogen-bond donors (Lipinski definition) is 0. The Bertz CT molecular complexity index is 1190. The Hall–Kier alpha value is -2.98. The van der Waals surface area contributed by atoms with E-state index in [1.165, 1.54) is 12.1 Å². The van der Waals surface area contributed by atoms with Gasteiger partial charge < -0.3 is 0 Å². The number of fused-ring (bicyclic) bond motifs is 3. The summed E-state index contributed by atoms with van der Waals surface area (Å²) >= 11 is 5.79. The highest BCUT2D eigenvalue weighted by atomic mass is 35.5. The molecule has 3 nitrogen and oxygen atoms in total. The third-order valence-electron chi connectivity index (χ3n) is 4.16. The van der Waals surface area contributed by atoms with Crippen LogP contribution >= 0.6 is 11.6 Å². The van der Waals surface area contributed by atoms with E-state index in [0.717, 1.165) is 10.6 Å². The summed E-state index contributed by atoms with van der Waals surface area (Å²) in [7, 11) is 0. The van der Waals surface area contributed by atoms with Crippen molar-refractivity contribution in [1.82, 2.24) is 4.57 Å². The minimum atomic E-state index is -0.730. The summed E-state index contributed by atoms with van der Waals surface area (Å²) in [6.07, 6.45) is 0. The van der Waals surface area contributed by atoms with Crippen LogP contribution in [-0.2, 0) is 0 Å². The zero-order chi connectivity index (χ0) is 17.6. The number of hydrogen-bond acceptors (Lipinski definition) is 2. The van der Waals surface area contributed by atoms with Gasteiger partial charge in [-0.15, -0.1) is 0 Å². The summed E-state index contributed by atoms with van der Waals surface area (Å²) in [4.78, 5) is 26.1. The molecule has 0 aliphatic rings. The van der Waals surface area contributed by atoms with Crippen LogP contribution in [0, 0.1) is 5.82 Å². The molecule has 122 valence electrons. The summed E-state index contributed by atoms with van der Waals surface area (Å²) in [6, 6.07) is 17.7. The fourth-order valence-electron chi connectivity index (χ4n) is 3.02. The van der Waals surface area contributed by atoms with Gasteiger partial charge in [-0.2, -0.15) is 0 Å². The Morgan fingerprint density at radius 3 is 1.68 bits per heavy atom. The Balaban J connectivity index is 2.33. The molecule has 25 heavy (non-hydrogen) atoms. The van der Waals surface area contributed by atoms with E-state index in [2.05, 4.69) is 0 Å². The molecule has 5 heteroatoms. The van der Waals surface area contributed by atoms with Gasteiger partial charge in [-0.1, -0.05) is 48.0 Å². The first kappa shape index (κ1) is 15.5. The molecule has 0 saturated heterocycles. The van der Waals surface area contributed by atoms with Crippen molar-refractivity contribution in [3.63, 3.8) is 0 Å². The van der Waals surface area contributed by atoms with Crippen molar-refractivity contribution in [2.75, 3.05) is 0 Å². The van der Waals surface area contributed by atoms with Gasteiger partial charge in [-0.25, -0.2) is 8.96 Å². The van der Waals surface area contributed by atoms with Crippen molar-refractivity contribution < 1.29 is 4.39 Å². The van der Waals surface area contributed by atoms with E-state index < -0.39 is 16.9 Å². The maximum absolute atomic E-state index is 14.4. The monoisotopic (exact) mass is 351 g/mol. The van der Waals surface area contributed by atoms with Crippen LogP contribution in [0.5, 0.6) is 0 Å². The zero-order valence-corrected chi connectivity index (χ0v) is 13.6. The van der Waals surface area contributed by atoms with Crippen LogP contribution in [0.3, 0.4) is 0 Å². The van der Waals surface area contributed by atoms with Crippen molar-refractivity contribution in [3.8, 4) is 5.69 Å². The lowest BCUT2D eigenvalue weighted by molar-refractivity contribution is 0.615. The molecule has 4 rings (SSSR count). The Kier molecular flexibility index (Phi) is 3.62. The molecule has 0 unspecified atom stereocenters. The molecule has 4 aromatic rings. The summed E-state index contributed by atoms with van der Waals surface area (Å²) in [5.74, 6) is -0.730. The van der Waals surface area contributed by atoms with Crippen molar-refractivity contribution >= 4 is 33.1 Å². The van der Waals surface area contributed by atoms with Crippen LogP contribution in [0.1, 0.15) is 0 Å². The normalized spacial score (nSPS) is 11.1. The molecular formula is C20H11ClFNO2. The van der Waals surface area contributed by atoms with Crippen molar-refractivity contribution in [3.05, 3.63) is 98.3 Å². The Morgan fingerprint density at radius 2 is 1.20 bits per heavy atom. The van der Waals surface area contributed by atoms with E-state index in [4.69, 9.17) is 11.6 Å². The first-order valence-corrected chi connectivity index (χ1v) is 7.98. The summed E-state index contributed by atoms with van der Waals surface area (Å²) < 4.78 is 15.3. The second-order valence-electron chi connectivity index (χ2n) is 5.63. The molecule has 1 heterocycles. The highest BCUT2D eigenvalue weighted by Crippen LogP contribution is 2.21. The van der Waals surface area contributed by atoms with Gasteiger partial charge in [-0.05, 0) is 41.1 Å². The van der Waals surface area contributed by atoms with Crippen LogP contribution < -0.4 is 11.1 Å². The molecule has 1 aromatic heterocycles. The second-order valence-corrected chi connectivity index (χ2v) is 6.07. The predicted molar refractivity (Wildman–Crippen MR) is 98.3 cm³/mol. The molecular weight excluding hydrogens is 341 g/mol. The Morgan fingerprint density at radius 1 is 0.720 bits per heavy atom. The van der Waals surface area contributed by atoms with E-state index >= 15 is 0 Å². The molecule has 0 saturated carbocycles. The van der Waals surface area contributed by atoms with Gasteiger partial charge in [0.15, 0.2) is 0 Å². The topological polar surface area (TPSA) is 39.1 Å². The van der Waals surface area contributed by atoms with E-state index in [9.17, 15) is 14.0 Å². The largest absolute Gasteiger partial charge is 0.268 e. The smallest absolute Gasteiger partial charge is 0.266 e. The lowest BCUT2D eigenvalue weighted by Crippen LogP contribution is -2.29. The minimum absolute atomic E-state index is 0.120. The van der Waals surface area contributed by atoms with Crippen LogP contribution in [0.4, 0.5) is 4.39 Å². The lowest BCUT2D eigenvalue weighted by Gasteiger charge is -2.04. The maximum Gasteiger partial charge on any atom is 0.266 e. The first-order valence-electron chi connectivity index (χ1n) is 7.60. The minimum Gasteiger partial charge on any atom is -0.268 e. The quantitative estimate of drug-likeness (QED) is 0.513. The predicted octanol–water partition coefficient (Wildman–Crippen LogP) is 4.30. The van der Waals surface area contributed by atoms with Gasteiger partial charge in [0.05, 0.1) is 5.69 Å². The van der Waals surface area contributed by atoms with E-state index in [1.807, 2.05) is 0 Å². The van der Waals surface area contributed by atoms with Gasteiger partial charge in [0.1, 0.15) is 5.82 Å². The highest BCUT2D eigenvalue weighted by Gasteiger charge is 2.14. The number of aromatic nitrogens is 1. The van der Waals surface area contributed by atoms with Gasteiger partial charge >= 0.3 is 0 Å². The van der Waals surface area contributed by atoms with E-state index in [0.29, 0.717) is 21.5 Å². The van der Waals surface area contributed by atoms with Crippen molar-refractivity contribution in [2.45, 2.75) is 0 Å². The summed E-state index contributed by atoms with van der Waals surface area (Å²) in [5, 5.41) is 2.17. The fourth-order valence-corrected chi connectivity index (χ4v) is 3.18. The average molecular weight is 352 g/mol. The molecule has 3 aromatic carbocycles. The first-order chi connectivity index (χ1) is 12.1. The molecule has 0 fully saturated rings. The molecule has 0 spiro atoms. The van der Waals surface area contributed by atoms with Crippen molar-refractivity contribution in [1.29, 1.82) is 0 Å². The zero-order valence-electron chi connectivity index (χ0n) is 12.9. The SMILES string of the molecule is O=c1c2ccccc2c2ccccc2c(=O)n1-c1ccc(Cl)cc1F. The van der Waals surface area contributed by atoms with Crippen LogP contribution in [-0.4, -0.2) is 4.57 Å². The second kappa shape index (κ2) is 5.83. The van der Waals surface area contributed by atoms with E-state index in [1.54, 1.807) is 48.5 Å². The number of halogens is 2. The standard InChI is InChI=1S/C20H11ClFNO2/c21-12-9-10-18(17(22)11-12)23-19(24)15-7-3-1-5-13(15)14-6-2-4-8-16(14)20(23)25/h1-11H. The summed E-state index contributed by atoms with van der Waals surface area (Å²) in [6.45, 7) is 0. The maximum atomic E-state index is 14.4.